The third-order valence-corrected chi connectivity index (χ3v) is 7.40. The molecule has 10 nitrogen and oxygen atoms in total. The van der Waals surface area contributed by atoms with Crippen LogP contribution in [0.25, 0.3) is 27.3 Å². The average molecular weight is 497 g/mol. The highest BCUT2D eigenvalue weighted by atomic mass is 32.2. The van der Waals surface area contributed by atoms with Crippen molar-refractivity contribution >= 4 is 37.2 Å². The second-order valence-electron chi connectivity index (χ2n) is 7.27. The molecule has 3 aromatic heterocycles. The summed E-state index contributed by atoms with van der Waals surface area (Å²) >= 11 is 1.45. The summed E-state index contributed by atoms with van der Waals surface area (Å²) in [5.41, 5.74) is 2.07. The number of hydrogen-bond donors (Lipinski definition) is 1. The maximum Gasteiger partial charge on any atom is 0.240 e. The minimum absolute atomic E-state index is 0.0728. The molecular formula is C22H20N6O4S2. The normalized spacial score (nSPS) is 11.8. The zero-order valence-electron chi connectivity index (χ0n) is 18.3. The van der Waals surface area contributed by atoms with Gasteiger partial charge in [0.25, 0.3) is 0 Å². The molecular weight excluding hydrogens is 476 g/mol. The van der Waals surface area contributed by atoms with Crippen LogP contribution in [0.4, 0.5) is 0 Å². The van der Waals surface area contributed by atoms with Crippen LogP contribution in [0.1, 0.15) is 5.01 Å². The molecule has 0 aliphatic heterocycles. The monoisotopic (exact) mass is 496 g/mol. The van der Waals surface area contributed by atoms with Crippen LogP contribution < -0.4 is 14.2 Å². The molecule has 3 heterocycles. The molecule has 0 unspecified atom stereocenters. The van der Waals surface area contributed by atoms with Gasteiger partial charge in [-0.05, 0) is 43.3 Å². The van der Waals surface area contributed by atoms with Gasteiger partial charge in [0.05, 0.1) is 32.8 Å². The van der Waals surface area contributed by atoms with Gasteiger partial charge in [-0.1, -0.05) is 12.1 Å². The Labute approximate surface area is 199 Å². The number of sulfonamides is 1. The van der Waals surface area contributed by atoms with Crippen LogP contribution in [0.5, 0.6) is 11.6 Å². The molecule has 1 N–H and O–H groups in total. The van der Waals surface area contributed by atoms with Crippen molar-refractivity contribution in [2.24, 2.45) is 0 Å². The molecule has 0 aliphatic carbocycles. The first-order chi connectivity index (χ1) is 16.4. The molecule has 0 radical (unpaired) electrons. The maximum absolute atomic E-state index is 12.7. The molecule has 0 fully saturated rings. The lowest BCUT2D eigenvalue weighted by atomic mass is 10.2. The zero-order valence-corrected chi connectivity index (χ0v) is 19.9. The number of nitrogens with one attached hydrogen (secondary N) is 1. The van der Waals surface area contributed by atoms with Gasteiger partial charge in [-0.2, -0.15) is 4.52 Å². The van der Waals surface area contributed by atoms with Gasteiger partial charge in [-0.15, -0.1) is 26.6 Å². The highest BCUT2D eigenvalue weighted by Gasteiger charge is 2.16. The van der Waals surface area contributed by atoms with E-state index in [0.717, 1.165) is 20.8 Å². The Bertz CT molecular complexity index is 1600. The molecule has 0 amide bonds. The van der Waals surface area contributed by atoms with Crippen molar-refractivity contribution in [1.82, 2.24) is 29.5 Å². The lowest BCUT2D eigenvalue weighted by Crippen LogP contribution is -2.28. The Balaban J connectivity index is 1.27. The number of ether oxygens (including phenoxy) is 2. The summed E-state index contributed by atoms with van der Waals surface area (Å²) in [5, 5.41) is 13.7. The van der Waals surface area contributed by atoms with Crippen LogP contribution in [0.15, 0.2) is 59.5 Å². The van der Waals surface area contributed by atoms with Crippen molar-refractivity contribution in [3.63, 3.8) is 0 Å². The van der Waals surface area contributed by atoms with Gasteiger partial charge in [-0.3, -0.25) is 0 Å². The third-order valence-electron chi connectivity index (χ3n) is 5.01. The predicted molar refractivity (Wildman–Crippen MR) is 128 cm³/mol. The second-order valence-corrected chi connectivity index (χ2v) is 10.3. The Morgan fingerprint density at radius 3 is 2.79 bits per heavy atom. The summed E-state index contributed by atoms with van der Waals surface area (Å²) in [6, 6.07) is 15.7. The van der Waals surface area contributed by atoms with Crippen molar-refractivity contribution in [2.75, 3.05) is 20.3 Å². The van der Waals surface area contributed by atoms with E-state index in [2.05, 4.69) is 25.0 Å². The summed E-state index contributed by atoms with van der Waals surface area (Å²) in [4.78, 5) is 4.55. The van der Waals surface area contributed by atoms with Gasteiger partial charge < -0.3 is 9.47 Å². The van der Waals surface area contributed by atoms with E-state index in [1.54, 1.807) is 42.0 Å². The number of thiazole rings is 1. The van der Waals surface area contributed by atoms with E-state index in [4.69, 9.17) is 9.47 Å². The number of aromatic nitrogens is 5. The molecule has 5 aromatic rings. The standard InChI is InChI=1S/C22H20N6O4S2/c1-14-24-17-8-7-15(13-19(17)33-14)34(29,30)23-11-12-32-21-10-9-20-25-26-22(28(20)27-21)16-5-3-4-6-18(16)31-2/h3-10,13,23H,11-12H2,1-2H3. The van der Waals surface area contributed by atoms with E-state index in [0.29, 0.717) is 23.1 Å². The van der Waals surface area contributed by atoms with Crippen LogP contribution in [-0.4, -0.2) is 53.5 Å². The first kappa shape index (κ1) is 22.2. The van der Waals surface area contributed by atoms with E-state index in [1.165, 1.54) is 11.3 Å². The molecule has 0 saturated heterocycles. The van der Waals surface area contributed by atoms with E-state index >= 15 is 0 Å². The maximum atomic E-state index is 12.7. The number of nitrogens with zero attached hydrogens (tertiary/aromatic N) is 5. The molecule has 34 heavy (non-hydrogen) atoms. The summed E-state index contributed by atoms with van der Waals surface area (Å²) in [6.45, 7) is 2.05. The Kier molecular flexibility index (Phi) is 5.86. The molecule has 0 spiro atoms. The minimum atomic E-state index is -3.68. The topological polar surface area (TPSA) is 121 Å². The molecule has 0 saturated carbocycles. The van der Waals surface area contributed by atoms with Crippen LogP contribution >= 0.6 is 11.3 Å². The van der Waals surface area contributed by atoms with Crippen molar-refractivity contribution in [1.29, 1.82) is 0 Å². The molecule has 0 atom stereocenters. The number of methoxy groups -OCH3 is 1. The number of fused-ring (bicyclic) bond motifs is 2. The summed E-state index contributed by atoms with van der Waals surface area (Å²) in [5.74, 6) is 1.46. The molecule has 5 rings (SSSR count). The first-order valence-electron chi connectivity index (χ1n) is 10.3. The van der Waals surface area contributed by atoms with E-state index < -0.39 is 10.0 Å². The molecule has 174 valence electrons. The molecule has 12 heteroatoms. The molecule has 2 aromatic carbocycles. The highest BCUT2D eigenvalue weighted by molar-refractivity contribution is 7.89. The fourth-order valence-corrected chi connectivity index (χ4v) is 5.43. The fraction of sp³-hybridized carbons (Fsp3) is 0.182. The predicted octanol–water partition coefficient (Wildman–Crippen LogP) is 3.08. The van der Waals surface area contributed by atoms with Gasteiger partial charge in [0.1, 0.15) is 12.4 Å². The van der Waals surface area contributed by atoms with E-state index in [1.807, 2.05) is 31.2 Å². The highest BCUT2D eigenvalue weighted by Crippen LogP contribution is 2.28. The van der Waals surface area contributed by atoms with Crippen LogP contribution in [0.3, 0.4) is 0 Å². The van der Waals surface area contributed by atoms with Crippen molar-refractivity contribution in [3.8, 4) is 23.0 Å². The van der Waals surface area contributed by atoms with E-state index in [9.17, 15) is 8.42 Å². The van der Waals surface area contributed by atoms with Gasteiger partial charge in [0, 0.05) is 12.6 Å². The van der Waals surface area contributed by atoms with Crippen molar-refractivity contribution < 1.29 is 17.9 Å². The van der Waals surface area contributed by atoms with E-state index in [-0.39, 0.29) is 18.0 Å². The van der Waals surface area contributed by atoms with Crippen LogP contribution in [0, 0.1) is 6.92 Å². The summed E-state index contributed by atoms with van der Waals surface area (Å²) < 4.78 is 41.4. The minimum Gasteiger partial charge on any atom is -0.496 e. The largest absolute Gasteiger partial charge is 0.496 e. The zero-order chi connectivity index (χ0) is 23.7. The van der Waals surface area contributed by atoms with Gasteiger partial charge in [-0.25, -0.2) is 18.1 Å². The van der Waals surface area contributed by atoms with Gasteiger partial charge in [0.15, 0.2) is 11.5 Å². The average Bonchev–Trinajstić information content (AvgIpc) is 3.43. The molecule has 0 bridgehead atoms. The lowest BCUT2D eigenvalue weighted by Gasteiger charge is -2.09. The van der Waals surface area contributed by atoms with Crippen LogP contribution in [0.2, 0.25) is 0 Å². The number of benzene rings is 2. The van der Waals surface area contributed by atoms with Crippen molar-refractivity contribution in [2.45, 2.75) is 11.8 Å². The van der Waals surface area contributed by atoms with Gasteiger partial charge >= 0.3 is 0 Å². The number of hydrogen-bond acceptors (Lipinski definition) is 9. The Morgan fingerprint density at radius 2 is 1.94 bits per heavy atom. The van der Waals surface area contributed by atoms with Crippen molar-refractivity contribution in [3.05, 3.63) is 59.6 Å². The summed E-state index contributed by atoms with van der Waals surface area (Å²) in [7, 11) is -2.10. The third kappa shape index (κ3) is 4.30. The summed E-state index contributed by atoms with van der Waals surface area (Å²) in [6.07, 6.45) is 0. The second kappa shape index (κ2) is 8.97. The fourth-order valence-electron chi connectivity index (χ4n) is 3.45. The quantitative estimate of drug-likeness (QED) is 0.326. The lowest BCUT2D eigenvalue weighted by molar-refractivity contribution is 0.306. The Hall–Kier alpha value is -3.61. The number of aryl methyl sites for hydroxylation is 1. The number of para-hydroxylation sites is 1. The van der Waals surface area contributed by atoms with Crippen LogP contribution in [-0.2, 0) is 10.0 Å². The smallest absolute Gasteiger partial charge is 0.240 e. The first-order valence-corrected chi connectivity index (χ1v) is 12.6. The SMILES string of the molecule is COc1ccccc1-c1nnc2ccc(OCCNS(=O)(=O)c3ccc4nc(C)sc4c3)nn12. The van der Waals surface area contributed by atoms with Gasteiger partial charge in [0.2, 0.25) is 15.9 Å². The molecule has 0 aliphatic rings. The Morgan fingerprint density at radius 1 is 1.09 bits per heavy atom. The number of rotatable bonds is 8.